The van der Waals surface area contributed by atoms with Gasteiger partial charge in [0.25, 0.3) is 11.9 Å². The normalized spacial score (nSPS) is 26.3. The predicted octanol–water partition coefficient (Wildman–Crippen LogP) is 4.19. The predicted molar refractivity (Wildman–Crippen MR) is 132 cm³/mol. The first-order valence-corrected chi connectivity index (χ1v) is 12.1. The average Bonchev–Trinajstić information content (AvgIpc) is 3.56. The fourth-order valence-corrected chi connectivity index (χ4v) is 6.48. The molecule has 2 saturated heterocycles. The van der Waals surface area contributed by atoms with Crippen molar-refractivity contribution in [1.29, 1.82) is 5.26 Å². The number of nitrogens with one attached hydrogen (secondary N) is 1. The largest absolute Gasteiger partial charge is 0.489 e. The third-order valence-corrected chi connectivity index (χ3v) is 7.89. The molecule has 0 aromatic heterocycles. The zero-order valence-electron chi connectivity index (χ0n) is 19.5. The van der Waals surface area contributed by atoms with Crippen molar-refractivity contribution in [2.24, 2.45) is 0 Å². The minimum Gasteiger partial charge on any atom is -0.489 e. The molecule has 0 radical (unpaired) electrons. The highest BCUT2D eigenvalue weighted by Crippen LogP contribution is 2.58. The number of benzene rings is 3. The van der Waals surface area contributed by atoms with Crippen LogP contribution in [0.2, 0.25) is 0 Å². The number of amides is 1. The van der Waals surface area contributed by atoms with Gasteiger partial charge in [0.2, 0.25) is 0 Å². The fraction of sp³-hybridized carbons (Fsp3) is 0.286. The molecule has 2 fully saturated rings. The molecule has 3 aliphatic rings. The summed E-state index contributed by atoms with van der Waals surface area (Å²) in [5.74, 6) is -0.132. The Balaban J connectivity index is 1.34. The van der Waals surface area contributed by atoms with E-state index in [-0.39, 0.29) is 23.5 Å². The molecule has 6 rings (SSSR count). The van der Waals surface area contributed by atoms with E-state index in [0.717, 1.165) is 24.0 Å². The number of rotatable bonds is 5. The van der Waals surface area contributed by atoms with Crippen LogP contribution in [-0.4, -0.2) is 34.4 Å². The summed E-state index contributed by atoms with van der Waals surface area (Å²) in [6.07, 6.45) is 1.69. The standard InChI is InChI=1S/C28H24N4O4/c29-16-19-6-1-2-7-20(19)17-36-21-13-11-18(12-14-21)25-24-10-5-15-31(24)28(26(25)32(34)35)22-8-3-4-9-23(22)30-27(28)33/h1-4,6-9,11-14,24-26H,5,10,15,17H2,(H,30,33)/t24-,25+,26-,28-/m0/s1. The summed E-state index contributed by atoms with van der Waals surface area (Å²) in [5.41, 5.74) is 2.22. The molecule has 1 N–H and O–H groups in total. The molecule has 36 heavy (non-hydrogen) atoms. The van der Waals surface area contributed by atoms with Gasteiger partial charge in [-0.25, -0.2) is 0 Å². The molecular formula is C28H24N4O4. The maximum atomic E-state index is 13.5. The SMILES string of the molecule is N#Cc1ccccc1COc1ccc([C@H]2[C@H]([N+](=O)[O-])[C@@]3(C(=O)Nc4ccccc43)N3CCC[C@@H]23)cc1. The van der Waals surface area contributed by atoms with Crippen LogP contribution in [0.3, 0.4) is 0 Å². The zero-order chi connectivity index (χ0) is 24.9. The van der Waals surface area contributed by atoms with Crippen LogP contribution in [0.1, 0.15) is 41.0 Å². The van der Waals surface area contributed by atoms with Crippen molar-refractivity contribution < 1.29 is 14.5 Å². The van der Waals surface area contributed by atoms with E-state index < -0.39 is 17.5 Å². The molecule has 3 heterocycles. The molecule has 180 valence electrons. The lowest BCUT2D eigenvalue weighted by Gasteiger charge is -2.32. The molecule has 1 amide bonds. The fourth-order valence-electron chi connectivity index (χ4n) is 6.48. The molecule has 0 saturated carbocycles. The molecule has 0 aliphatic carbocycles. The highest BCUT2D eigenvalue weighted by atomic mass is 16.6. The second-order valence-electron chi connectivity index (χ2n) is 9.55. The lowest BCUT2D eigenvalue weighted by atomic mass is 9.77. The van der Waals surface area contributed by atoms with E-state index in [1.807, 2.05) is 66.7 Å². The Morgan fingerprint density at radius 2 is 1.86 bits per heavy atom. The minimum atomic E-state index is -1.32. The van der Waals surface area contributed by atoms with E-state index in [1.165, 1.54) is 0 Å². The van der Waals surface area contributed by atoms with Crippen LogP contribution in [0, 0.1) is 21.4 Å². The topological polar surface area (TPSA) is 108 Å². The molecule has 4 atom stereocenters. The summed E-state index contributed by atoms with van der Waals surface area (Å²) in [6, 6.07) is 22.9. The van der Waals surface area contributed by atoms with E-state index in [0.29, 0.717) is 29.1 Å². The first kappa shape index (κ1) is 22.3. The molecule has 3 aliphatic heterocycles. The monoisotopic (exact) mass is 480 g/mol. The van der Waals surface area contributed by atoms with Gasteiger partial charge in [-0.3, -0.25) is 19.8 Å². The number of para-hydroxylation sites is 1. The Kier molecular flexibility index (Phi) is 5.23. The van der Waals surface area contributed by atoms with Gasteiger partial charge in [-0.15, -0.1) is 0 Å². The number of carbonyl (C=O) groups is 1. The number of carbonyl (C=O) groups excluding carboxylic acids is 1. The lowest BCUT2D eigenvalue weighted by molar-refractivity contribution is -0.534. The van der Waals surface area contributed by atoms with Gasteiger partial charge in [-0.1, -0.05) is 48.5 Å². The smallest absolute Gasteiger partial charge is 0.256 e. The molecule has 3 aromatic rings. The highest BCUT2D eigenvalue weighted by Gasteiger charge is 2.73. The summed E-state index contributed by atoms with van der Waals surface area (Å²) in [7, 11) is 0. The number of ether oxygens (including phenoxy) is 1. The Bertz CT molecular complexity index is 1400. The first-order valence-electron chi connectivity index (χ1n) is 12.1. The van der Waals surface area contributed by atoms with Crippen molar-refractivity contribution in [3.05, 3.63) is 105 Å². The van der Waals surface area contributed by atoms with Gasteiger partial charge < -0.3 is 10.1 Å². The lowest BCUT2D eigenvalue weighted by Crippen LogP contribution is -2.55. The maximum Gasteiger partial charge on any atom is 0.256 e. The van der Waals surface area contributed by atoms with Crippen molar-refractivity contribution in [3.63, 3.8) is 0 Å². The third kappa shape index (κ3) is 3.13. The van der Waals surface area contributed by atoms with Crippen LogP contribution in [0.25, 0.3) is 0 Å². The van der Waals surface area contributed by atoms with Crippen molar-refractivity contribution in [3.8, 4) is 11.8 Å². The van der Waals surface area contributed by atoms with E-state index >= 15 is 0 Å². The summed E-state index contributed by atoms with van der Waals surface area (Å²) in [6.45, 7) is 0.896. The van der Waals surface area contributed by atoms with Crippen LogP contribution < -0.4 is 10.1 Å². The van der Waals surface area contributed by atoms with E-state index in [4.69, 9.17) is 4.74 Å². The van der Waals surface area contributed by atoms with Gasteiger partial charge in [0.15, 0.2) is 5.54 Å². The van der Waals surface area contributed by atoms with E-state index in [9.17, 15) is 20.2 Å². The van der Waals surface area contributed by atoms with Gasteiger partial charge in [-0.2, -0.15) is 5.26 Å². The number of fused-ring (bicyclic) bond motifs is 4. The van der Waals surface area contributed by atoms with Gasteiger partial charge >= 0.3 is 0 Å². The Hall–Kier alpha value is -4.22. The van der Waals surface area contributed by atoms with E-state index in [1.54, 1.807) is 6.07 Å². The quantitative estimate of drug-likeness (QED) is 0.433. The minimum absolute atomic E-state index is 0.105. The van der Waals surface area contributed by atoms with Crippen molar-refractivity contribution in [2.45, 2.75) is 43.0 Å². The molecule has 1 spiro atoms. The zero-order valence-corrected chi connectivity index (χ0v) is 19.5. The van der Waals surface area contributed by atoms with Gasteiger partial charge in [0, 0.05) is 34.3 Å². The number of nitro groups is 1. The number of anilines is 1. The Morgan fingerprint density at radius 3 is 2.64 bits per heavy atom. The average molecular weight is 481 g/mol. The molecule has 0 unspecified atom stereocenters. The maximum absolute atomic E-state index is 13.5. The number of nitriles is 1. The molecule has 8 nitrogen and oxygen atoms in total. The van der Waals surface area contributed by atoms with E-state index in [2.05, 4.69) is 16.3 Å². The van der Waals surface area contributed by atoms with Crippen LogP contribution in [-0.2, 0) is 16.9 Å². The molecular weight excluding hydrogens is 456 g/mol. The molecule has 8 heteroatoms. The second-order valence-corrected chi connectivity index (χ2v) is 9.55. The van der Waals surface area contributed by atoms with Crippen LogP contribution >= 0.6 is 0 Å². The van der Waals surface area contributed by atoms with Crippen molar-refractivity contribution >= 4 is 11.6 Å². The van der Waals surface area contributed by atoms with Crippen LogP contribution in [0.5, 0.6) is 5.75 Å². The third-order valence-electron chi connectivity index (χ3n) is 7.89. The summed E-state index contributed by atoms with van der Waals surface area (Å²) in [5, 5.41) is 24.9. The van der Waals surface area contributed by atoms with Gasteiger partial charge in [-0.05, 0) is 42.7 Å². The number of hydrogen-bond acceptors (Lipinski definition) is 6. The van der Waals surface area contributed by atoms with Gasteiger partial charge in [0.1, 0.15) is 12.4 Å². The number of hydrogen-bond donors (Lipinski definition) is 1. The first-order chi connectivity index (χ1) is 17.6. The summed E-state index contributed by atoms with van der Waals surface area (Å²) in [4.78, 5) is 28.0. The van der Waals surface area contributed by atoms with Crippen LogP contribution in [0.15, 0.2) is 72.8 Å². The Morgan fingerprint density at radius 1 is 1.11 bits per heavy atom. The molecule has 0 bridgehead atoms. The van der Waals surface area contributed by atoms with Crippen LogP contribution in [0.4, 0.5) is 5.69 Å². The van der Waals surface area contributed by atoms with Crippen molar-refractivity contribution in [2.75, 3.05) is 11.9 Å². The molecule has 3 aromatic carbocycles. The number of nitrogens with zero attached hydrogens (tertiary/aromatic N) is 3. The second kappa shape index (κ2) is 8.47. The van der Waals surface area contributed by atoms with Gasteiger partial charge in [0.05, 0.1) is 17.6 Å². The highest BCUT2D eigenvalue weighted by molar-refractivity contribution is 6.07. The Labute approximate surface area is 208 Å². The van der Waals surface area contributed by atoms with Crippen molar-refractivity contribution in [1.82, 2.24) is 4.90 Å². The summed E-state index contributed by atoms with van der Waals surface area (Å²) >= 11 is 0. The summed E-state index contributed by atoms with van der Waals surface area (Å²) < 4.78 is 5.91.